The van der Waals surface area contributed by atoms with Crippen molar-refractivity contribution in [2.24, 2.45) is 4.99 Å². The zero-order chi connectivity index (χ0) is 18.8. The molecular formula is C20H17N3O3S. The Hall–Kier alpha value is -3.32. The molecule has 0 amide bonds. The van der Waals surface area contributed by atoms with E-state index in [2.05, 4.69) is 15.3 Å². The summed E-state index contributed by atoms with van der Waals surface area (Å²) in [6.45, 7) is 0. The topological polar surface area (TPSA) is 76.0 Å². The van der Waals surface area contributed by atoms with E-state index < -0.39 is 0 Å². The van der Waals surface area contributed by atoms with Crippen LogP contribution in [0.2, 0.25) is 0 Å². The Kier molecular flexibility index (Phi) is 4.52. The van der Waals surface area contributed by atoms with Gasteiger partial charge in [-0.3, -0.25) is 4.99 Å². The number of allylic oxidation sites excluding steroid dienone is 1. The Morgan fingerprint density at radius 2 is 1.96 bits per heavy atom. The number of aromatic hydroxyl groups is 1. The molecule has 0 saturated carbocycles. The molecular weight excluding hydrogens is 362 g/mol. The molecule has 0 radical (unpaired) electrons. The minimum absolute atomic E-state index is 0.0275. The van der Waals surface area contributed by atoms with Gasteiger partial charge in [0.1, 0.15) is 11.5 Å². The van der Waals surface area contributed by atoms with E-state index in [1.807, 2.05) is 42.5 Å². The molecule has 27 heavy (non-hydrogen) atoms. The average molecular weight is 379 g/mol. The van der Waals surface area contributed by atoms with Gasteiger partial charge in [-0.2, -0.15) is 4.98 Å². The van der Waals surface area contributed by atoms with E-state index in [0.29, 0.717) is 21.5 Å². The Balaban J connectivity index is 1.62. The van der Waals surface area contributed by atoms with Gasteiger partial charge in [-0.15, -0.1) is 0 Å². The van der Waals surface area contributed by atoms with Crippen LogP contribution in [0.25, 0.3) is 11.6 Å². The van der Waals surface area contributed by atoms with Gasteiger partial charge in [0.2, 0.25) is 5.88 Å². The van der Waals surface area contributed by atoms with Crippen molar-refractivity contribution in [2.45, 2.75) is 0 Å². The number of anilines is 2. The first-order valence-electron chi connectivity index (χ1n) is 8.22. The van der Waals surface area contributed by atoms with Crippen LogP contribution in [0.1, 0.15) is 10.4 Å². The highest BCUT2D eigenvalue weighted by Gasteiger charge is 2.15. The number of nitrogens with zero attached hydrogens (tertiary/aromatic N) is 2. The summed E-state index contributed by atoms with van der Waals surface area (Å²) in [6, 6.07) is 13.3. The van der Waals surface area contributed by atoms with Crippen LogP contribution in [0.5, 0.6) is 17.4 Å². The van der Waals surface area contributed by atoms with E-state index in [4.69, 9.17) is 9.47 Å². The van der Waals surface area contributed by atoms with Crippen molar-refractivity contribution in [3.8, 4) is 17.4 Å². The predicted molar refractivity (Wildman–Crippen MR) is 109 cm³/mol. The van der Waals surface area contributed by atoms with Crippen LogP contribution in [0.3, 0.4) is 0 Å². The third kappa shape index (κ3) is 3.37. The molecule has 0 saturated heterocycles. The standard InChI is InChI=1S/C20H17N3O3S/c1-25-13-7-8-16(17(10-13)26-2)22-20-23-19(24)18(27-20)9-12-11-21-15-6-4-3-5-14(12)15/h3-11,24H,1-2H3,(H,22,23)/b12-9+. The van der Waals surface area contributed by atoms with Gasteiger partial charge < -0.3 is 19.9 Å². The van der Waals surface area contributed by atoms with Crippen molar-refractivity contribution < 1.29 is 14.6 Å². The number of benzene rings is 2. The summed E-state index contributed by atoms with van der Waals surface area (Å²) in [5.41, 5.74) is 3.64. The van der Waals surface area contributed by atoms with Gasteiger partial charge in [0.15, 0.2) is 5.13 Å². The summed E-state index contributed by atoms with van der Waals surface area (Å²) < 4.78 is 10.6. The number of nitrogens with one attached hydrogen (secondary N) is 1. The number of para-hydroxylation sites is 1. The molecule has 4 rings (SSSR count). The van der Waals surface area contributed by atoms with Gasteiger partial charge >= 0.3 is 0 Å². The van der Waals surface area contributed by atoms with Crippen LogP contribution in [0.15, 0.2) is 47.5 Å². The maximum absolute atomic E-state index is 10.2. The zero-order valence-electron chi connectivity index (χ0n) is 14.8. The van der Waals surface area contributed by atoms with Gasteiger partial charge in [-0.05, 0) is 24.3 Å². The van der Waals surface area contributed by atoms with E-state index >= 15 is 0 Å². The summed E-state index contributed by atoms with van der Waals surface area (Å²) >= 11 is 1.35. The first kappa shape index (κ1) is 17.1. The highest BCUT2D eigenvalue weighted by Crippen LogP contribution is 2.38. The van der Waals surface area contributed by atoms with Crippen LogP contribution >= 0.6 is 11.3 Å². The van der Waals surface area contributed by atoms with Gasteiger partial charge in [0.25, 0.3) is 0 Å². The largest absolute Gasteiger partial charge is 0.497 e. The maximum Gasteiger partial charge on any atom is 0.231 e. The first-order chi connectivity index (χ1) is 13.2. The molecule has 2 heterocycles. The quantitative estimate of drug-likeness (QED) is 0.662. The van der Waals surface area contributed by atoms with Crippen LogP contribution < -0.4 is 14.8 Å². The van der Waals surface area contributed by atoms with Gasteiger partial charge in [-0.25, -0.2) is 0 Å². The molecule has 136 valence electrons. The molecule has 0 atom stereocenters. The molecule has 0 bridgehead atoms. The van der Waals surface area contributed by atoms with Gasteiger partial charge in [-0.1, -0.05) is 29.5 Å². The van der Waals surface area contributed by atoms with Crippen LogP contribution in [0, 0.1) is 0 Å². The van der Waals surface area contributed by atoms with Crippen LogP contribution in [-0.4, -0.2) is 30.5 Å². The van der Waals surface area contributed by atoms with Crippen molar-refractivity contribution in [3.05, 3.63) is 52.9 Å². The molecule has 3 aromatic rings. The molecule has 1 aromatic heterocycles. The molecule has 2 N–H and O–H groups in total. The number of methoxy groups -OCH3 is 2. The number of thiazole rings is 1. The van der Waals surface area contributed by atoms with E-state index in [9.17, 15) is 5.11 Å². The lowest BCUT2D eigenvalue weighted by molar-refractivity contribution is 0.395. The Bertz CT molecular complexity index is 1060. The Morgan fingerprint density at radius 1 is 1.11 bits per heavy atom. The third-order valence-corrected chi connectivity index (χ3v) is 5.04. The molecule has 0 unspecified atom stereocenters. The minimum atomic E-state index is -0.0275. The Morgan fingerprint density at radius 3 is 2.78 bits per heavy atom. The third-order valence-electron chi connectivity index (χ3n) is 4.13. The number of hydrogen-bond acceptors (Lipinski definition) is 7. The van der Waals surface area contributed by atoms with E-state index in [1.54, 1.807) is 26.5 Å². The van der Waals surface area contributed by atoms with Gasteiger partial charge in [0, 0.05) is 23.4 Å². The average Bonchev–Trinajstić information content (AvgIpc) is 3.26. The predicted octanol–water partition coefficient (Wildman–Crippen LogP) is 4.87. The maximum atomic E-state index is 10.2. The number of hydrogen-bond donors (Lipinski definition) is 2. The van der Waals surface area contributed by atoms with Crippen molar-refractivity contribution in [1.82, 2.24) is 4.98 Å². The van der Waals surface area contributed by atoms with Crippen molar-refractivity contribution in [2.75, 3.05) is 19.5 Å². The number of rotatable bonds is 5. The summed E-state index contributed by atoms with van der Waals surface area (Å²) in [4.78, 5) is 9.25. The van der Waals surface area contributed by atoms with Crippen molar-refractivity contribution >= 4 is 45.7 Å². The molecule has 0 spiro atoms. The van der Waals surface area contributed by atoms with Crippen molar-refractivity contribution in [1.29, 1.82) is 0 Å². The second-order valence-corrected chi connectivity index (χ2v) is 6.80. The summed E-state index contributed by atoms with van der Waals surface area (Å²) in [5, 5.41) is 14.0. The fraction of sp³-hybridized carbons (Fsp3) is 0.100. The van der Waals surface area contributed by atoms with E-state index in [1.165, 1.54) is 11.3 Å². The lowest BCUT2D eigenvalue weighted by atomic mass is 10.1. The van der Waals surface area contributed by atoms with Gasteiger partial charge in [0.05, 0.1) is 30.5 Å². The molecule has 6 nitrogen and oxygen atoms in total. The monoisotopic (exact) mass is 379 g/mol. The second kappa shape index (κ2) is 7.13. The SMILES string of the molecule is COc1ccc(Nc2nc(O)c(/C=C3\C=Nc4ccccc43)s2)c(OC)c1. The van der Waals surface area contributed by atoms with Crippen LogP contribution in [-0.2, 0) is 0 Å². The number of aromatic nitrogens is 1. The fourth-order valence-electron chi connectivity index (χ4n) is 2.78. The minimum Gasteiger partial charge on any atom is -0.497 e. The fourth-order valence-corrected chi connectivity index (χ4v) is 3.61. The molecule has 0 aliphatic carbocycles. The highest BCUT2D eigenvalue weighted by molar-refractivity contribution is 7.16. The zero-order valence-corrected chi connectivity index (χ0v) is 15.6. The van der Waals surface area contributed by atoms with Crippen LogP contribution in [0.4, 0.5) is 16.5 Å². The highest BCUT2D eigenvalue weighted by atomic mass is 32.1. The van der Waals surface area contributed by atoms with Crippen molar-refractivity contribution in [3.63, 3.8) is 0 Å². The summed E-state index contributed by atoms with van der Waals surface area (Å²) in [7, 11) is 3.19. The normalized spacial score (nSPS) is 13.6. The lowest BCUT2D eigenvalue weighted by Crippen LogP contribution is -1.95. The lowest BCUT2D eigenvalue weighted by Gasteiger charge is -2.10. The summed E-state index contributed by atoms with van der Waals surface area (Å²) in [5.74, 6) is 1.30. The number of fused-ring (bicyclic) bond motifs is 1. The molecule has 0 fully saturated rings. The second-order valence-electron chi connectivity index (χ2n) is 5.77. The molecule has 7 heteroatoms. The smallest absolute Gasteiger partial charge is 0.231 e. The van der Waals surface area contributed by atoms with E-state index in [0.717, 1.165) is 22.5 Å². The first-order valence-corrected chi connectivity index (χ1v) is 9.03. The molecule has 2 aromatic carbocycles. The molecule has 1 aliphatic rings. The molecule has 1 aliphatic heterocycles. The van der Waals surface area contributed by atoms with E-state index in [-0.39, 0.29) is 5.88 Å². The Labute approximate surface area is 160 Å². The summed E-state index contributed by atoms with van der Waals surface area (Å²) in [6.07, 6.45) is 3.68. The number of ether oxygens (including phenoxy) is 2. The number of aliphatic imine (C=N–C) groups is 1.